The number of likely N-dealkylation sites (tertiary alicyclic amines) is 1. The van der Waals surface area contributed by atoms with E-state index in [4.69, 9.17) is 46.5 Å². The van der Waals surface area contributed by atoms with Crippen molar-refractivity contribution >= 4 is 67.1 Å². The van der Waals surface area contributed by atoms with Gasteiger partial charge < -0.3 is 45.5 Å². The smallest absolute Gasteiger partial charge is 0.319 e. The van der Waals surface area contributed by atoms with E-state index in [1.165, 1.54) is 6.07 Å². The number of aliphatic hydroxyl groups is 1. The predicted molar refractivity (Wildman–Crippen MR) is 307 cm³/mol. The van der Waals surface area contributed by atoms with Crippen LogP contribution in [0.15, 0.2) is 91.5 Å². The van der Waals surface area contributed by atoms with Crippen LogP contribution in [-0.4, -0.2) is 121 Å². The molecule has 2 bridgehead atoms. The number of thiophene rings is 1. The van der Waals surface area contributed by atoms with Crippen LogP contribution < -0.4 is 30.7 Å². The van der Waals surface area contributed by atoms with E-state index in [9.17, 15) is 20.0 Å². The number of piperazine rings is 1. The molecule has 418 valence electrons. The van der Waals surface area contributed by atoms with Crippen LogP contribution >= 0.6 is 22.9 Å². The Balaban J connectivity index is 0.000000308. The summed E-state index contributed by atoms with van der Waals surface area (Å²) in [6.45, 7) is 9.70. The fourth-order valence-electron chi connectivity index (χ4n) is 11.3. The van der Waals surface area contributed by atoms with Gasteiger partial charge in [-0.25, -0.2) is 9.07 Å². The van der Waals surface area contributed by atoms with Crippen LogP contribution in [0.1, 0.15) is 81.6 Å². The first-order valence-corrected chi connectivity index (χ1v) is 28.4. The largest absolute Gasteiger partial charge is 0.484 e. The number of halogens is 2. The number of ether oxygens (including phenoxy) is 3. The van der Waals surface area contributed by atoms with E-state index >= 15 is 4.39 Å². The maximum atomic E-state index is 15.4. The van der Waals surface area contributed by atoms with Gasteiger partial charge in [0.1, 0.15) is 58.4 Å². The summed E-state index contributed by atoms with van der Waals surface area (Å²) in [7, 11) is 0. The standard InChI is InChI=1S/C45H48FN11O4S.C14H13ClN2O2/c1-24(2)39(44(58)55-14-4-5-25(55)3)57-22-35(53-54-57)27-8-6-26(7-9-27)23-60-40-37(31-10-11-34(46)41-36(31)32(18-47)42(48)62-41)50-20-33-38(40)51-45(61-30-12-15-59-16-13-30)52-43(33)56-21-28-17-29(56)19-49-28;15-13-7-16-6-5-12(13)10-1-3-11(4-2-10)14(8-18)17-9-19/h6-11,20,22,24-25,28-30,39,49H,4-5,12-17,19,21,23,48H2,1-3H3;1-7,9,14,18H,8H2,(H,17,19). The Hall–Kier alpha value is -7.87. The molecule has 0 aliphatic carbocycles. The van der Waals surface area contributed by atoms with E-state index in [-0.39, 0.29) is 70.5 Å². The van der Waals surface area contributed by atoms with Gasteiger partial charge in [0.25, 0.3) is 0 Å². The molecule has 5 atom stereocenters. The van der Waals surface area contributed by atoms with E-state index in [0.29, 0.717) is 88.3 Å². The van der Waals surface area contributed by atoms with Crippen LogP contribution in [-0.2, 0) is 20.9 Å². The highest BCUT2D eigenvalue weighted by Crippen LogP contribution is 2.46. The summed E-state index contributed by atoms with van der Waals surface area (Å²) in [5.74, 6) is 0.683. The zero-order chi connectivity index (χ0) is 56.3. The topological polar surface area (TPSA) is 245 Å². The summed E-state index contributed by atoms with van der Waals surface area (Å²) in [6, 6.07) is 22.5. The second kappa shape index (κ2) is 24.1. The number of fused-ring (bicyclic) bond motifs is 4. The highest BCUT2D eigenvalue weighted by Gasteiger charge is 2.40. The molecular weight excluding hydrogens is 1070 g/mol. The minimum Gasteiger partial charge on any atom is -0.484 e. The van der Waals surface area contributed by atoms with Crippen molar-refractivity contribution in [1.82, 2.24) is 50.5 Å². The highest BCUT2D eigenvalue weighted by atomic mass is 35.5. The van der Waals surface area contributed by atoms with Gasteiger partial charge in [0.2, 0.25) is 12.3 Å². The Kier molecular flexibility index (Phi) is 16.4. The lowest BCUT2D eigenvalue weighted by Gasteiger charge is -2.30. The molecule has 9 heterocycles. The SMILES string of the molecule is CC(C)C(C(=O)N1CCCC1C)n1cc(-c2ccc(COc3c(-c4ccc(F)c5sc(N)c(C#N)c45)ncc4c(N5CC6CC5CN6)nc(OC5CCOCC5)nc34)cc2)nn1.O=CNC(CO)c1ccc(-c2ccncc2Cl)cc1. The van der Waals surface area contributed by atoms with E-state index in [1.54, 1.807) is 29.3 Å². The minimum atomic E-state index is -0.479. The molecule has 4 aliphatic rings. The van der Waals surface area contributed by atoms with Gasteiger partial charge >= 0.3 is 6.01 Å². The zero-order valence-electron chi connectivity index (χ0n) is 45.0. The Morgan fingerprint density at radius 3 is 2.53 bits per heavy atom. The van der Waals surface area contributed by atoms with Crippen molar-refractivity contribution in [1.29, 1.82) is 5.26 Å². The molecule has 4 saturated heterocycles. The number of aliphatic hydroxyl groups excluding tert-OH is 1. The zero-order valence-corrected chi connectivity index (χ0v) is 46.5. The van der Waals surface area contributed by atoms with E-state index in [1.807, 2.05) is 79.5 Å². The first-order chi connectivity index (χ1) is 39.4. The lowest BCUT2D eigenvalue weighted by Crippen LogP contribution is -2.44. The van der Waals surface area contributed by atoms with Gasteiger partial charge in [-0.15, -0.1) is 16.4 Å². The average molecular weight is 1130 g/mol. The number of rotatable bonds is 16. The molecular formula is C59H61ClFN13O6S. The van der Waals surface area contributed by atoms with Crippen molar-refractivity contribution in [3.8, 4) is 51.5 Å². The lowest BCUT2D eigenvalue weighted by molar-refractivity contribution is -0.137. The van der Waals surface area contributed by atoms with Crippen molar-refractivity contribution < 1.29 is 33.3 Å². The highest BCUT2D eigenvalue weighted by molar-refractivity contribution is 7.23. The third kappa shape index (κ3) is 11.3. The number of aromatic nitrogens is 7. The number of hydrogen-bond acceptors (Lipinski definition) is 17. The third-order valence-electron chi connectivity index (χ3n) is 15.6. The fourth-order valence-corrected chi connectivity index (χ4v) is 12.5. The molecule has 2 amide bonds. The van der Waals surface area contributed by atoms with Crippen molar-refractivity contribution in [3.63, 3.8) is 0 Å². The average Bonchev–Trinajstić information content (AvgIpc) is 4.52. The summed E-state index contributed by atoms with van der Waals surface area (Å²) >= 11 is 7.11. The molecule has 81 heavy (non-hydrogen) atoms. The maximum absolute atomic E-state index is 15.4. The monoisotopic (exact) mass is 1130 g/mol. The van der Waals surface area contributed by atoms with Crippen molar-refractivity contribution in [2.24, 2.45) is 5.92 Å². The molecule has 19 nitrogen and oxygen atoms in total. The van der Waals surface area contributed by atoms with E-state index in [2.05, 4.69) is 43.8 Å². The summed E-state index contributed by atoms with van der Waals surface area (Å²) in [4.78, 5) is 47.4. The number of nitrogen functional groups attached to an aromatic ring is 1. The van der Waals surface area contributed by atoms with Gasteiger partial charge in [0.05, 0.1) is 52.7 Å². The molecule has 8 aromatic rings. The van der Waals surface area contributed by atoms with Gasteiger partial charge in [-0.3, -0.25) is 19.6 Å². The number of nitrogens with one attached hydrogen (secondary N) is 2. The van der Waals surface area contributed by atoms with Crippen LogP contribution in [0.4, 0.5) is 15.2 Å². The number of benzene rings is 3. The Morgan fingerprint density at radius 2 is 1.85 bits per heavy atom. The second-order valence-corrected chi connectivity index (χ2v) is 22.6. The van der Waals surface area contributed by atoms with Crippen LogP contribution in [0.25, 0.3) is 54.6 Å². The van der Waals surface area contributed by atoms with Crippen LogP contribution in [0.2, 0.25) is 5.02 Å². The van der Waals surface area contributed by atoms with Crippen molar-refractivity contribution in [2.45, 2.75) is 95.8 Å². The summed E-state index contributed by atoms with van der Waals surface area (Å²) < 4.78 is 36.3. The third-order valence-corrected chi connectivity index (χ3v) is 16.9. The molecule has 12 rings (SSSR count). The lowest BCUT2D eigenvalue weighted by atomic mass is 10.0. The molecule has 0 radical (unpaired) electrons. The van der Waals surface area contributed by atoms with Gasteiger partial charge in [-0.2, -0.15) is 15.2 Å². The van der Waals surface area contributed by atoms with E-state index < -0.39 is 11.9 Å². The quantitative estimate of drug-likeness (QED) is 0.0660. The number of carbonyl (C=O) groups is 2. The molecule has 4 fully saturated rings. The summed E-state index contributed by atoms with van der Waals surface area (Å²) in [5.41, 5.74) is 12.9. The molecule has 5 aromatic heterocycles. The summed E-state index contributed by atoms with van der Waals surface area (Å²) in [6.07, 6.45) is 11.8. The second-order valence-electron chi connectivity index (χ2n) is 21.1. The number of amides is 2. The fraction of sp³-hybridized carbons (Fsp3) is 0.373. The number of pyridine rings is 2. The number of hydrogen-bond donors (Lipinski definition) is 4. The van der Waals surface area contributed by atoms with Gasteiger partial charge in [0.15, 0.2) is 5.75 Å². The van der Waals surface area contributed by atoms with Gasteiger partial charge in [-0.05, 0) is 67.0 Å². The van der Waals surface area contributed by atoms with E-state index in [0.717, 1.165) is 78.1 Å². The number of anilines is 2. The Morgan fingerprint density at radius 1 is 1.06 bits per heavy atom. The molecule has 5 unspecified atom stereocenters. The maximum Gasteiger partial charge on any atom is 0.319 e. The number of nitriles is 1. The normalized spacial score (nSPS) is 18.7. The molecule has 5 N–H and O–H groups in total. The molecule has 22 heteroatoms. The Bertz CT molecular complexity index is 3630. The van der Waals surface area contributed by atoms with Crippen molar-refractivity contribution in [2.75, 3.05) is 50.1 Å². The van der Waals surface area contributed by atoms with Crippen LogP contribution in [0.3, 0.4) is 0 Å². The summed E-state index contributed by atoms with van der Waals surface area (Å²) in [5, 5.41) is 36.3. The first kappa shape index (κ1) is 55.1. The van der Waals surface area contributed by atoms with Crippen LogP contribution in [0, 0.1) is 23.1 Å². The van der Waals surface area contributed by atoms with Crippen molar-refractivity contribution in [3.05, 3.63) is 119 Å². The van der Waals surface area contributed by atoms with Gasteiger partial charge in [0, 0.05) is 91.3 Å². The molecule has 0 saturated carbocycles. The number of carbonyl (C=O) groups excluding carboxylic acids is 2. The minimum absolute atomic E-state index is 0.0285. The molecule has 3 aromatic carbocycles. The van der Waals surface area contributed by atoms with Gasteiger partial charge in [-0.1, -0.05) is 79.2 Å². The Labute approximate surface area is 476 Å². The first-order valence-electron chi connectivity index (χ1n) is 27.2. The molecule has 0 spiro atoms. The molecule has 4 aliphatic heterocycles. The number of nitrogens with two attached hydrogens (primary N) is 1. The predicted octanol–water partition coefficient (Wildman–Crippen LogP) is 8.83. The number of nitrogens with zero attached hydrogens (tertiary/aromatic N) is 10. The van der Waals surface area contributed by atoms with Crippen LogP contribution in [0.5, 0.6) is 11.8 Å².